The van der Waals surface area contributed by atoms with Crippen molar-refractivity contribution < 1.29 is 17.9 Å². The fourth-order valence-electron chi connectivity index (χ4n) is 2.27. The number of ether oxygens (including phenoxy) is 1. The quantitative estimate of drug-likeness (QED) is 0.666. The van der Waals surface area contributed by atoms with Gasteiger partial charge in [-0.3, -0.25) is 4.79 Å². The zero-order valence-corrected chi connectivity index (χ0v) is 13.2. The van der Waals surface area contributed by atoms with E-state index in [4.69, 9.17) is 4.74 Å². The molecule has 1 saturated heterocycles. The predicted molar refractivity (Wildman–Crippen MR) is 77.9 cm³/mol. The summed E-state index contributed by atoms with van der Waals surface area (Å²) in [4.78, 5) is 12.0. The maximum atomic E-state index is 12.0. The molecule has 118 valence electrons. The lowest BCUT2D eigenvalue weighted by molar-refractivity contribution is -0.126. The van der Waals surface area contributed by atoms with Crippen LogP contribution in [-0.4, -0.2) is 57.2 Å². The zero-order valence-electron chi connectivity index (χ0n) is 12.4. The van der Waals surface area contributed by atoms with Crippen molar-refractivity contribution >= 4 is 15.9 Å². The predicted octanol–water partition coefficient (Wildman–Crippen LogP) is 0.591. The summed E-state index contributed by atoms with van der Waals surface area (Å²) in [6.07, 6.45) is 2.28. The number of nitrogens with zero attached hydrogens (tertiary/aromatic N) is 1. The van der Waals surface area contributed by atoms with Gasteiger partial charge >= 0.3 is 0 Å². The fraction of sp³-hybridized carbons (Fsp3) is 0.923. The largest absolute Gasteiger partial charge is 0.382 e. The maximum absolute atomic E-state index is 12.0. The number of amides is 1. The molecule has 6 nitrogen and oxygen atoms in total. The first-order valence-electron chi connectivity index (χ1n) is 7.34. The van der Waals surface area contributed by atoms with E-state index in [1.165, 1.54) is 4.31 Å². The van der Waals surface area contributed by atoms with Crippen LogP contribution in [-0.2, 0) is 19.6 Å². The summed E-state index contributed by atoms with van der Waals surface area (Å²) in [5.74, 6) is -0.176. The summed E-state index contributed by atoms with van der Waals surface area (Å²) in [6, 6.07) is 0. The van der Waals surface area contributed by atoms with E-state index >= 15 is 0 Å². The Hall–Kier alpha value is -0.660. The molecule has 0 radical (unpaired) electrons. The molecule has 1 aliphatic heterocycles. The van der Waals surface area contributed by atoms with Gasteiger partial charge in [-0.2, -0.15) is 0 Å². The van der Waals surface area contributed by atoms with Crippen LogP contribution in [0.15, 0.2) is 0 Å². The molecule has 0 bridgehead atoms. The van der Waals surface area contributed by atoms with Gasteiger partial charge in [0.15, 0.2) is 0 Å². The second kappa shape index (κ2) is 8.59. The van der Waals surface area contributed by atoms with E-state index in [0.717, 1.165) is 19.3 Å². The van der Waals surface area contributed by atoms with Crippen molar-refractivity contribution in [2.75, 3.05) is 38.6 Å². The lowest BCUT2D eigenvalue weighted by Crippen LogP contribution is -2.46. The second-order valence-electron chi connectivity index (χ2n) is 4.94. The molecular weight excluding hydrogens is 280 g/mol. The number of rotatable bonds is 8. The average molecular weight is 306 g/mol. The number of hydrogen-bond donors (Lipinski definition) is 1. The highest BCUT2D eigenvalue weighted by atomic mass is 32.2. The molecule has 1 amide bonds. The van der Waals surface area contributed by atoms with Gasteiger partial charge in [-0.15, -0.1) is 0 Å². The Labute approximate surface area is 121 Å². The summed E-state index contributed by atoms with van der Waals surface area (Å²) in [5, 5.41) is 2.86. The third kappa shape index (κ3) is 5.38. The fourth-order valence-corrected chi connectivity index (χ4v) is 3.45. The highest BCUT2D eigenvalue weighted by Gasteiger charge is 2.31. The van der Waals surface area contributed by atoms with Gasteiger partial charge in [0.05, 0.1) is 11.7 Å². The molecule has 1 aliphatic rings. The Bertz CT molecular complexity index is 397. The van der Waals surface area contributed by atoms with Crippen LogP contribution in [0.3, 0.4) is 0 Å². The van der Waals surface area contributed by atoms with Crippen LogP contribution in [0, 0.1) is 5.92 Å². The number of piperidine rings is 1. The van der Waals surface area contributed by atoms with Crippen LogP contribution >= 0.6 is 0 Å². The first-order chi connectivity index (χ1) is 9.51. The number of carbonyl (C=O) groups is 1. The van der Waals surface area contributed by atoms with Crippen LogP contribution in [0.5, 0.6) is 0 Å². The second-order valence-corrected chi connectivity index (χ2v) is 7.20. The first kappa shape index (κ1) is 17.4. The normalized spacial score (nSPS) is 20.8. The summed E-state index contributed by atoms with van der Waals surface area (Å²) in [6.45, 7) is 6.31. The lowest BCUT2D eigenvalue weighted by atomic mass is 9.99. The van der Waals surface area contributed by atoms with E-state index in [0.29, 0.717) is 32.8 Å². The summed E-state index contributed by atoms with van der Waals surface area (Å²) < 4.78 is 30.3. The van der Waals surface area contributed by atoms with E-state index < -0.39 is 10.0 Å². The van der Waals surface area contributed by atoms with Gasteiger partial charge in [0.25, 0.3) is 0 Å². The van der Waals surface area contributed by atoms with Crippen molar-refractivity contribution in [3.05, 3.63) is 0 Å². The molecule has 0 aliphatic carbocycles. The van der Waals surface area contributed by atoms with Gasteiger partial charge in [-0.25, -0.2) is 12.7 Å². The zero-order chi connectivity index (χ0) is 15.0. The highest BCUT2D eigenvalue weighted by Crippen LogP contribution is 2.19. The Kier molecular flexibility index (Phi) is 7.47. The summed E-state index contributed by atoms with van der Waals surface area (Å²) in [7, 11) is -3.19. The van der Waals surface area contributed by atoms with Crippen molar-refractivity contribution in [1.29, 1.82) is 0 Å². The van der Waals surface area contributed by atoms with Crippen LogP contribution in [0.2, 0.25) is 0 Å². The number of sulfonamides is 1. The SMILES string of the molecule is CCOCCCNC(=O)[C@H]1CCCN(S(=O)(=O)CC)C1. The van der Waals surface area contributed by atoms with Crippen LogP contribution < -0.4 is 5.32 Å². The third-order valence-corrected chi connectivity index (χ3v) is 5.33. The van der Waals surface area contributed by atoms with Gasteiger partial charge in [0, 0.05) is 32.8 Å². The molecule has 1 rings (SSSR count). The lowest BCUT2D eigenvalue weighted by Gasteiger charge is -2.30. The van der Waals surface area contributed by atoms with E-state index in [-0.39, 0.29) is 17.6 Å². The molecule has 1 N–H and O–H groups in total. The minimum Gasteiger partial charge on any atom is -0.382 e. The van der Waals surface area contributed by atoms with Gasteiger partial charge in [0.1, 0.15) is 0 Å². The standard InChI is InChI=1S/C13H26N2O4S/c1-3-19-10-6-8-14-13(16)12-7-5-9-15(11-12)20(17,18)4-2/h12H,3-11H2,1-2H3,(H,14,16)/t12-/m0/s1. The van der Waals surface area contributed by atoms with Crippen LogP contribution in [0.1, 0.15) is 33.1 Å². The molecule has 0 unspecified atom stereocenters. The smallest absolute Gasteiger partial charge is 0.224 e. The third-order valence-electron chi connectivity index (χ3n) is 3.48. The molecule has 1 fully saturated rings. The topological polar surface area (TPSA) is 75.7 Å². The van der Waals surface area contributed by atoms with Gasteiger partial charge in [0.2, 0.25) is 15.9 Å². The summed E-state index contributed by atoms with van der Waals surface area (Å²) >= 11 is 0. The van der Waals surface area contributed by atoms with Crippen LogP contribution in [0.25, 0.3) is 0 Å². The van der Waals surface area contributed by atoms with E-state index in [2.05, 4.69) is 5.32 Å². The minimum absolute atomic E-state index is 0.0440. The Morgan fingerprint density at radius 3 is 2.80 bits per heavy atom. The number of hydrogen-bond acceptors (Lipinski definition) is 4. The van der Waals surface area contributed by atoms with Crippen molar-refractivity contribution in [2.45, 2.75) is 33.1 Å². The van der Waals surface area contributed by atoms with Gasteiger partial charge in [-0.1, -0.05) is 0 Å². The monoisotopic (exact) mass is 306 g/mol. The van der Waals surface area contributed by atoms with Crippen molar-refractivity contribution in [3.8, 4) is 0 Å². The molecule has 1 heterocycles. The van der Waals surface area contributed by atoms with Crippen molar-refractivity contribution in [3.63, 3.8) is 0 Å². The molecule has 0 aromatic rings. The van der Waals surface area contributed by atoms with Crippen molar-refractivity contribution in [1.82, 2.24) is 9.62 Å². The van der Waals surface area contributed by atoms with Gasteiger partial charge in [-0.05, 0) is 33.1 Å². The molecule has 0 saturated carbocycles. The number of nitrogens with one attached hydrogen (secondary N) is 1. The molecule has 0 spiro atoms. The van der Waals surface area contributed by atoms with Crippen molar-refractivity contribution in [2.24, 2.45) is 5.92 Å². The molecule has 7 heteroatoms. The maximum Gasteiger partial charge on any atom is 0.224 e. The molecule has 0 aromatic heterocycles. The highest BCUT2D eigenvalue weighted by molar-refractivity contribution is 7.89. The molecule has 0 aromatic carbocycles. The molecule has 1 atom stereocenters. The minimum atomic E-state index is -3.19. The van der Waals surface area contributed by atoms with E-state index in [1.807, 2.05) is 6.92 Å². The molecular formula is C13H26N2O4S. The average Bonchev–Trinajstić information content (AvgIpc) is 2.47. The number of carbonyl (C=O) groups excluding carboxylic acids is 1. The van der Waals surface area contributed by atoms with Gasteiger partial charge < -0.3 is 10.1 Å². The Morgan fingerprint density at radius 1 is 1.40 bits per heavy atom. The first-order valence-corrected chi connectivity index (χ1v) is 8.95. The Morgan fingerprint density at radius 2 is 2.15 bits per heavy atom. The summed E-state index contributed by atoms with van der Waals surface area (Å²) in [5.41, 5.74) is 0. The van der Waals surface area contributed by atoms with E-state index in [1.54, 1.807) is 6.92 Å². The van der Waals surface area contributed by atoms with Crippen LogP contribution in [0.4, 0.5) is 0 Å². The Balaban J connectivity index is 2.37. The van der Waals surface area contributed by atoms with E-state index in [9.17, 15) is 13.2 Å². The molecule has 20 heavy (non-hydrogen) atoms.